The Kier molecular flexibility index (Phi) is 3.20. The Labute approximate surface area is 180 Å². The maximum atomic E-state index is 2.36. The molecule has 1 nitrogen and oxygen atoms in total. The van der Waals surface area contributed by atoms with Crippen molar-refractivity contribution < 1.29 is 0 Å². The van der Waals surface area contributed by atoms with Gasteiger partial charge in [0.1, 0.15) is 0 Å². The van der Waals surface area contributed by atoms with Gasteiger partial charge in [0.25, 0.3) is 0 Å². The maximum absolute atomic E-state index is 2.36. The summed E-state index contributed by atoms with van der Waals surface area (Å²) in [5, 5.41) is 13.8. The van der Waals surface area contributed by atoms with E-state index < -0.39 is 0 Å². The van der Waals surface area contributed by atoms with Gasteiger partial charge in [-0.3, -0.25) is 0 Å². The average molecular weight is 396 g/mol. The molecule has 0 radical (unpaired) electrons. The van der Waals surface area contributed by atoms with Crippen LogP contribution in [0.4, 0.5) is 5.69 Å². The highest BCUT2D eigenvalue weighted by atomic mass is 15.1. The van der Waals surface area contributed by atoms with Crippen molar-refractivity contribution in [1.82, 2.24) is 0 Å². The quantitative estimate of drug-likeness (QED) is 0.216. The third-order valence-electron chi connectivity index (χ3n) is 6.92. The molecule has 7 rings (SSSR count). The number of hydrogen-bond donors (Lipinski definition) is 0. The van der Waals surface area contributed by atoms with Crippen LogP contribution in [0, 0.1) is 0 Å². The first-order valence-electron chi connectivity index (χ1n) is 10.8. The molecule has 0 saturated carbocycles. The first kappa shape index (κ1) is 16.9. The molecule has 0 spiro atoms. The first-order valence-corrected chi connectivity index (χ1v) is 10.8. The lowest BCUT2D eigenvalue weighted by atomic mass is 9.95. The van der Waals surface area contributed by atoms with Gasteiger partial charge in [-0.15, -0.1) is 0 Å². The van der Waals surface area contributed by atoms with Gasteiger partial charge in [-0.2, -0.15) is 0 Å². The molecular weight excluding hydrogens is 374 g/mol. The minimum absolute atomic E-state index is 1.22. The van der Waals surface area contributed by atoms with E-state index in [1.807, 2.05) is 0 Å². The molecule has 7 aromatic rings. The summed E-state index contributed by atoms with van der Waals surface area (Å²) in [4.78, 5) is 2.13. The third kappa shape index (κ3) is 2.21. The minimum Gasteiger partial charge on any atom is -0.378 e. The van der Waals surface area contributed by atoms with Crippen LogP contribution in [0.2, 0.25) is 0 Å². The lowest BCUT2D eigenvalue weighted by Gasteiger charge is -2.12. The summed E-state index contributed by atoms with van der Waals surface area (Å²) >= 11 is 0. The average Bonchev–Trinajstić information content (AvgIpc) is 3.17. The topological polar surface area (TPSA) is 3.24 Å². The highest BCUT2D eigenvalue weighted by Crippen LogP contribution is 2.48. The van der Waals surface area contributed by atoms with E-state index in [0.29, 0.717) is 0 Å². The highest BCUT2D eigenvalue weighted by Gasteiger charge is 2.20. The molecular formula is C30H21N. The molecule has 0 bridgehead atoms. The van der Waals surface area contributed by atoms with E-state index in [2.05, 4.69) is 110 Å². The van der Waals surface area contributed by atoms with Gasteiger partial charge in [0.15, 0.2) is 0 Å². The Bertz CT molecular complexity index is 1690. The molecule has 1 heteroatoms. The van der Waals surface area contributed by atoms with Crippen molar-refractivity contribution in [2.75, 3.05) is 19.0 Å². The molecule has 0 aliphatic heterocycles. The van der Waals surface area contributed by atoms with Crippen molar-refractivity contribution in [2.24, 2.45) is 0 Å². The van der Waals surface area contributed by atoms with Crippen LogP contribution < -0.4 is 4.90 Å². The van der Waals surface area contributed by atoms with E-state index in [1.54, 1.807) is 0 Å². The molecule has 0 aromatic heterocycles. The van der Waals surface area contributed by atoms with Gasteiger partial charge >= 0.3 is 0 Å². The molecule has 0 atom stereocenters. The molecule has 0 aliphatic rings. The zero-order valence-electron chi connectivity index (χ0n) is 17.6. The number of benzene rings is 6. The molecule has 0 aliphatic carbocycles. The second kappa shape index (κ2) is 5.86. The van der Waals surface area contributed by atoms with Gasteiger partial charge in [-0.1, -0.05) is 72.8 Å². The maximum Gasteiger partial charge on any atom is 0.0361 e. The Morgan fingerprint density at radius 2 is 1.03 bits per heavy atom. The van der Waals surface area contributed by atoms with Crippen LogP contribution in [0.5, 0.6) is 0 Å². The van der Waals surface area contributed by atoms with Crippen molar-refractivity contribution in [3.05, 3.63) is 90.0 Å². The van der Waals surface area contributed by atoms with E-state index in [0.717, 1.165) is 0 Å². The zero-order chi connectivity index (χ0) is 20.7. The predicted octanol–water partition coefficient (Wildman–Crippen LogP) is 8.00. The van der Waals surface area contributed by atoms with E-state index in [1.165, 1.54) is 70.7 Å². The number of rotatable bonds is 3. The fourth-order valence-electron chi connectivity index (χ4n) is 5.41. The molecule has 0 N–H and O–H groups in total. The molecule has 146 valence electrons. The molecule has 31 heavy (non-hydrogen) atoms. The van der Waals surface area contributed by atoms with Crippen molar-refractivity contribution in [3.8, 4) is 0 Å². The minimum atomic E-state index is 1.22. The van der Waals surface area contributed by atoms with Gasteiger partial charge in [-0.05, 0) is 83.2 Å². The number of nitrogens with zero attached hydrogens (tertiary/aromatic N) is 1. The van der Waals surface area contributed by atoms with E-state index in [9.17, 15) is 0 Å². The molecule has 7 aromatic carbocycles. The summed E-state index contributed by atoms with van der Waals surface area (Å²) in [5.41, 5.74) is 3.72. The summed E-state index contributed by atoms with van der Waals surface area (Å²) in [6.07, 6.45) is 4.51. The smallest absolute Gasteiger partial charge is 0.0361 e. The van der Waals surface area contributed by atoms with Crippen LogP contribution in [-0.4, -0.2) is 14.1 Å². The fourth-order valence-corrected chi connectivity index (χ4v) is 5.41. The Morgan fingerprint density at radius 3 is 1.65 bits per heavy atom. The molecule has 0 heterocycles. The van der Waals surface area contributed by atoms with E-state index in [-0.39, 0.29) is 0 Å². The zero-order valence-corrected chi connectivity index (χ0v) is 17.6. The van der Waals surface area contributed by atoms with Gasteiger partial charge < -0.3 is 4.90 Å². The normalized spacial score (nSPS) is 12.7. The predicted molar refractivity (Wildman–Crippen MR) is 137 cm³/mol. The second-order valence-electron chi connectivity index (χ2n) is 8.86. The third-order valence-corrected chi connectivity index (χ3v) is 6.92. The summed E-state index contributed by atoms with van der Waals surface area (Å²) in [5.74, 6) is 0. The molecule has 0 saturated heterocycles. The molecule has 0 amide bonds. The van der Waals surface area contributed by atoms with Gasteiger partial charge in [-0.25, -0.2) is 0 Å². The standard InChI is InChI=1S/C30H21N/c1-31(2)24-14-4-18(5-15-24)3-6-22-17-23-12-11-20-8-7-19-9-10-21-13-16-25(22)30-28(21)26(19)27(20)29(23)30/h3-17H,1-2H3/b6-3+. The van der Waals surface area contributed by atoms with Crippen molar-refractivity contribution in [1.29, 1.82) is 0 Å². The lowest BCUT2D eigenvalue weighted by Crippen LogP contribution is -2.07. The largest absolute Gasteiger partial charge is 0.378 e. The van der Waals surface area contributed by atoms with Crippen LogP contribution in [0.3, 0.4) is 0 Å². The van der Waals surface area contributed by atoms with Crippen LogP contribution in [0.25, 0.3) is 66.0 Å². The van der Waals surface area contributed by atoms with E-state index in [4.69, 9.17) is 0 Å². The van der Waals surface area contributed by atoms with E-state index >= 15 is 0 Å². The molecule has 0 unspecified atom stereocenters. The van der Waals surface area contributed by atoms with Crippen molar-refractivity contribution in [2.45, 2.75) is 0 Å². The van der Waals surface area contributed by atoms with Gasteiger partial charge in [0.05, 0.1) is 0 Å². The van der Waals surface area contributed by atoms with Crippen LogP contribution in [0.15, 0.2) is 78.9 Å². The lowest BCUT2D eigenvalue weighted by molar-refractivity contribution is 1.13. The Balaban J connectivity index is 1.52. The first-order chi connectivity index (χ1) is 15.2. The second-order valence-corrected chi connectivity index (χ2v) is 8.86. The number of hydrogen-bond acceptors (Lipinski definition) is 1. The summed E-state index contributed by atoms with van der Waals surface area (Å²) < 4.78 is 0. The summed E-state index contributed by atoms with van der Waals surface area (Å²) in [7, 11) is 4.15. The Morgan fingerprint density at radius 1 is 0.516 bits per heavy atom. The van der Waals surface area contributed by atoms with Crippen LogP contribution >= 0.6 is 0 Å². The monoisotopic (exact) mass is 395 g/mol. The number of anilines is 1. The fraction of sp³-hybridized carbons (Fsp3) is 0.0667. The van der Waals surface area contributed by atoms with Crippen LogP contribution in [-0.2, 0) is 0 Å². The summed E-state index contributed by atoms with van der Waals surface area (Å²) in [6.45, 7) is 0. The van der Waals surface area contributed by atoms with Gasteiger partial charge in [0.2, 0.25) is 0 Å². The SMILES string of the molecule is CN(C)c1ccc(/C=C/c2cc3ccc4ccc5ccc6ccc2c2c6c5c4c32)cc1. The molecule has 0 fully saturated rings. The van der Waals surface area contributed by atoms with Gasteiger partial charge in [0, 0.05) is 19.8 Å². The van der Waals surface area contributed by atoms with Crippen molar-refractivity contribution >= 4 is 71.7 Å². The summed E-state index contributed by atoms with van der Waals surface area (Å²) in [6, 6.07) is 29.3. The van der Waals surface area contributed by atoms with Crippen LogP contribution in [0.1, 0.15) is 11.1 Å². The Hall–Kier alpha value is -3.84. The highest BCUT2D eigenvalue weighted by molar-refractivity contribution is 6.44. The van der Waals surface area contributed by atoms with Crippen molar-refractivity contribution in [3.63, 3.8) is 0 Å².